The number of aromatic amines is 2. The highest BCUT2D eigenvalue weighted by atomic mass is 16.5. The summed E-state index contributed by atoms with van der Waals surface area (Å²) in [7, 11) is 0. The zero-order chi connectivity index (χ0) is 52.9. The topological polar surface area (TPSA) is 185 Å². The number of hydrogen-bond acceptors (Lipinski definition) is 8. The van der Waals surface area contributed by atoms with Crippen molar-refractivity contribution in [2.75, 3.05) is 13.2 Å². The third-order valence-electron chi connectivity index (χ3n) is 13.0. The van der Waals surface area contributed by atoms with E-state index in [4.69, 9.17) is 15.2 Å². The fraction of sp³-hybridized carbons (Fsp3) is 0.371. The molecule has 0 saturated carbocycles. The molecule has 6 N–H and O–H groups in total. The Morgan fingerprint density at radius 2 is 1.00 bits per heavy atom. The minimum Gasteiger partial charge on any atom is -0.494 e. The molecule has 0 bridgehead atoms. The van der Waals surface area contributed by atoms with E-state index in [2.05, 4.69) is 72.0 Å². The molecular weight excluding hydrogens is 925 g/mol. The van der Waals surface area contributed by atoms with Crippen LogP contribution in [0.4, 0.5) is 0 Å². The van der Waals surface area contributed by atoms with Crippen LogP contribution in [0.15, 0.2) is 134 Å². The summed E-state index contributed by atoms with van der Waals surface area (Å²) in [6.07, 6.45) is 16.6. The largest absolute Gasteiger partial charge is 0.494 e. The maximum Gasteiger partial charge on any atom is 0.326 e. The number of rotatable bonds is 26. The monoisotopic (exact) mass is 1000 g/mol. The fourth-order valence-electron chi connectivity index (χ4n) is 8.28. The molecule has 0 spiro atoms. The average Bonchev–Trinajstić information content (AvgIpc) is 4.11. The number of hydrogen-bond donors (Lipinski definition) is 5. The molecule has 2 heterocycles. The number of aromatic nitrogens is 4. The third kappa shape index (κ3) is 17.4. The fourth-order valence-corrected chi connectivity index (χ4v) is 8.28. The number of H-pyrrole nitrogens is 2. The number of ketones is 1. The zero-order valence-corrected chi connectivity index (χ0v) is 44.2. The lowest BCUT2D eigenvalue weighted by Gasteiger charge is -2.19. The molecule has 0 unspecified atom stereocenters. The number of nitrogens with zero attached hydrogens (tertiary/aromatic N) is 2. The van der Waals surface area contributed by atoms with E-state index in [0.717, 1.165) is 99.5 Å². The molecule has 0 aliphatic rings. The molecule has 0 aliphatic heterocycles. The average molecular weight is 1000 g/mol. The van der Waals surface area contributed by atoms with Gasteiger partial charge in [0.2, 0.25) is 0 Å². The molecule has 7 rings (SSSR count). The lowest BCUT2D eigenvalue weighted by molar-refractivity contribution is -0.139. The lowest BCUT2D eigenvalue weighted by atomic mass is 9.86. The van der Waals surface area contributed by atoms with E-state index in [9.17, 15) is 19.5 Å². The van der Waals surface area contributed by atoms with Gasteiger partial charge in [-0.1, -0.05) is 147 Å². The van der Waals surface area contributed by atoms with Gasteiger partial charge in [0.25, 0.3) is 5.91 Å². The normalized spacial score (nSPS) is 12.0. The van der Waals surface area contributed by atoms with Crippen LogP contribution in [-0.4, -0.2) is 68.0 Å². The number of aliphatic carboxylic acids is 1. The quantitative estimate of drug-likeness (QED) is 0.0329. The number of imidazole rings is 2. The van der Waals surface area contributed by atoms with Gasteiger partial charge in [0.05, 0.1) is 43.0 Å². The Hall–Kier alpha value is -7.31. The van der Waals surface area contributed by atoms with Crippen molar-refractivity contribution in [1.82, 2.24) is 25.3 Å². The first-order valence-electron chi connectivity index (χ1n) is 26.4. The molecule has 2 atom stereocenters. The summed E-state index contributed by atoms with van der Waals surface area (Å²) in [6, 6.07) is 37.4. The smallest absolute Gasteiger partial charge is 0.326 e. The molecule has 12 heteroatoms. The van der Waals surface area contributed by atoms with Gasteiger partial charge in [-0.15, -0.1) is 0 Å². The minimum atomic E-state index is -1.08. The van der Waals surface area contributed by atoms with Gasteiger partial charge >= 0.3 is 5.97 Å². The highest BCUT2D eigenvalue weighted by molar-refractivity contribution is 5.96. The Balaban J connectivity index is 0.000000254. The summed E-state index contributed by atoms with van der Waals surface area (Å²) < 4.78 is 11.7. The molecule has 7 aromatic rings. The van der Waals surface area contributed by atoms with Crippen LogP contribution >= 0.6 is 0 Å². The molecule has 0 saturated heterocycles. The van der Waals surface area contributed by atoms with Gasteiger partial charge in [-0.05, 0) is 120 Å². The summed E-state index contributed by atoms with van der Waals surface area (Å²) in [4.78, 5) is 51.9. The molecule has 0 fully saturated rings. The number of unbranched alkanes of at least 4 members (excludes halogenated alkanes) is 8. The van der Waals surface area contributed by atoms with Crippen molar-refractivity contribution in [2.45, 2.75) is 136 Å². The first-order valence-corrected chi connectivity index (χ1v) is 26.4. The summed E-state index contributed by atoms with van der Waals surface area (Å²) >= 11 is 0. The van der Waals surface area contributed by atoms with Crippen molar-refractivity contribution in [2.24, 2.45) is 5.73 Å². The minimum absolute atomic E-state index is 0.00291. The Labute approximate surface area is 438 Å². The van der Waals surface area contributed by atoms with Gasteiger partial charge in [0.1, 0.15) is 35.0 Å². The van der Waals surface area contributed by atoms with Crippen LogP contribution in [-0.2, 0) is 27.8 Å². The lowest BCUT2D eigenvalue weighted by Crippen LogP contribution is -2.42. The second kappa shape index (κ2) is 28.2. The van der Waals surface area contributed by atoms with E-state index in [1.807, 2.05) is 103 Å². The molecule has 74 heavy (non-hydrogen) atoms. The van der Waals surface area contributed by atoms with Gasteiger partial charge in [-0.3, -0.25) is 9.59 Å². The summed E-state index contributed by atoms with van der Waals surface area (Å²) in [5.41, 5.74) is 15.0. The van der Waals surface area contributed by atoms with E-state index in [1.165, 1.54) is 58.3 Å². The van der Waals surface area contributed by atoms with Crippen LogP contribution in [0.3, 0.4) is 0 Å². The highest BCUT2D eigenvalue weighted by Gasteiger charge is 2.22. The Morgan fingerprint density at radius 1 is 0.581 bits per heavy atom. The molecule has 0 aliphatic carbocycles. The van der Waals surface area contributed by atoms with E-state index in [0.29, 0.717) is 12.0 Å². The Morgan fingerprint density at radius 3 is 1.41 bits per heavy atom. The SMILES string of the molecule is CCCCCCCOc1ccc(-c2cnc(-c3ccc(C[C@H](N)C(C)=O)cc3)[nH]2)cc1.CCCCCCCOc1ccc(-c2cnc(-c3ccc(C[C@H](NC(=O)c4ccc(C(C)(C)C)cc4)C(=O)O)cc3)[nH]2)cc1. The van der Waals surface area contributed by atoms with E-state index >= 15 is 0 Å². The molecule has 2 aromatic heterocycles. The number of carboxylic acids is 1. The van der Waals surface area contributed by atoms with Crippen LogP contribution in [0.2, 0.25) is 0 Å². The van der Waals surface area contributed by atoms with Gasteiger partial charge in [-0.25, -0.2) is 14.8 Å². The maximum absolute atomic E-state index is 12.8. The van der Waals surface area contributed by atoms with Gasteiger partial charge < -0.3 is 35.6 Å². The highest BCUT2D eigenvalue weighted by Crippen LogP contribution is 2.27. The Bertz CT molecular complexity index is 2790. The molecular formula is C62H76N6O6. The standard InChI is InChI=1S/C36H43N3O4.C26H33N3O2/c1-5-6-7-8-9-22-43-30-20-16-26(17-21-30)32-24-37-33(38-32)27-12-10-25(11-13-27)23-31(35(41)42)39-34(40)28-14-18-29(19-15-28)36(2,3)4;1-3-4-5-6-7-16-31-23-14-12-21(13-15-23)25-18-28-26(29-25)22-10-8-20(9-11-22)17-24(27)19(2)30/h10-21,24,31H,5-9,22-23H2,1-4H3,(H,37,38)(H,39,40)(H,41,42);8-15,18,24H,3-7,16-17,27H2,1-2H3,(H,28,29)/t31-;24-/m00/s1. The number of benzene rings is 5. The zero-order valence-electron chi connectivity index (χ0n) is 44.2. The van der Waals surface area contributed by atoms with Crippen molar-refractivity contribution >= 4 is 17.7 Å². The van der Waals surface area contributed by atoms with Gasteiger partial charge in [0, 0.05) is 23.1 Å². The van der Waals surface area contributed by atoms with Crippen molar-refractivity contribution < 1.29 is 29.0 Å². The van der Waals surface area contributed by atoms with E-state index in [1.54, 1.807) is 18.3 Å². The number of nitrogens with one attached hydrogen (secondary N) is 3. The molecule has 12 nitrogen and oxygen atoms in total. The number of Topliss-reactive ketones (excluding diaryl/α,β-unsaturated/α-hetero) is 1. The van der Waals surface area contributed by atoms with Crippen LogP contribution < -0.4 is 20.5 Å². The molecule has 390 valence electrons. The third-order valence-corrected chi connectivity index (χ3v) is 13.0. The second-order valence-corrected chi connectivity index (χ2v) is 20.1. The van der Waals surface area contributed by atoms with Crippen LogP contribution in [0.25, 0.3) is 45.3 Å². The second-order valence-electron chi connectivity index (χ2n) is 20.1. The Kier molecular flexibility index (Phi) is 21.4. The predicted molar refractivity (Wildman–Crippen MR) is 298 cm³/mol. The van der Waals surface area contributed by atoms with Crippen molar-refractivity contribution in [1.29, 1.82) is 0 Å². The number of carbonyl (C=O) groups is 3. The molecule has 0 radical (unpaired) electrons. The first kappa shape index (κ1) is 56.0. The molecule has 1 amide bonds. The number of carboxylic acid groups (broad SMARTS) is 1. The molecule has 5 aromatic carbocycles. The van der Waals surface area contributed by atoms with Gasteiger partial charge in [0.15, 0.2) is 0 Å². The van der Waals surface area contributed by atoms with Crippen molar-refractivity contribution in [3.05, 3.63) is 156 Å². The summed E-state index contributed by atoms with van der Waals surface area (Å²) in [5, 5.41) is 12.5. The van der Waals surface area contributed by atoms with Crippen LogP contribution in [0.1, 0.15) is 133 Å². The number of ether oxygens (including phenoxy) is 2. The van der Waals surface area contributed by atoms with Crippen LogP contribution in [0.5, 0.6) is 11.5 Å². The maximum atomic E-state index is 12.8. The van der Waals surface area contributed by atoms with E-state index in [-0.39, 0.29) is 17.6 Å². The number of nitrogens with two attached hydrogens (primary N) is 1. The summed E-state index contributed by atoms with van der Waals surface area (Å²) in [5.74, 6) is 1.81. The number of carbonyl (C=O) groups excluding carboxylic acids is 2. The van der Waals surface area contributed by atoms with Crippen molar-refractivity contribution in [3.63, 3.8) is 0 Å². The first-order chi connectivity index (χ1) is 35.7. The van der Waals surface area contributed by atoms with Crippen molar-refractivity contribution in [3.8, 4) is 56.8 Å². The van der Waals surface area contributed by atoms with E-state index < -0.39 is 24.0 Å². The number of amides is 1. The summed E-state index contributed by atoms with van der Waals surface area (Å²) in [6.45, 7) is 13.8. The van der Waals surface area contributed by atoms with Crippen LogP contribution in [0, 0.1) is 0 Å². The predicted octanol–water partition coefficient (Wildman–Crippen LogP) is 13.4. The van der Waals surface area contributed by atoms with Gasteiger partial charge in [-0.2, -0.15) is 0 Å².